The van der Waals surface area contributed by atoms with Gasteiger partial charge < -0.3 is 5.32 Å². The first kappa shape index (κ1) is 20.1. The molecule has 0 saturated carbocycles. The van der Waals surface area contributed by atoms with Crippen LogP contribution in [-0.4, -0.2) is 41.9 Å². The fourth-order valence-electron chi connectivity index (χ4n) is 2.69. The fraction of sp³-hybridized carbons (Fsp3) is 0.611. The Labute approximate surface area is 149 Å². The standard InChI is InChI=1S/C18H30BrN3O/c1-6-21(7-2)12-15-10-17(19)11-16(13-22(8-3)9-4)18(15)20-14(5)23/h10-11H,6-9,12-13H2,1-5H3,(H,20,23). The van der Waals surface area contributed by atoms with Gasteiger partial charge in [-0.1, -0.05) is 43.6 Å². The molecule has 23 heavy (non-hydrogen) atoms. The predicted octanol–water partition coefficient (Wildman–Crippen LogP) is 4.09. The second-order valence-corrected chi connectivity index (χ2v) is 6.62. The number of halogens is 1. The van der Waals surface area contributed by atoms with Gasteiger partial charge >= 0.3 is 0 Å². The number of hydrogen-bond donors (Lipinski definition) is 1. The maximum Gasteiger partial charge on any atom is 0.221 e. The summed E-state index contributed by atoms with van der Waals surface area (Å²) < 4.78 is 1.07. The summed E-state index contributed by atoms with van der Waals surface area (Å²) >= 11 is 3.63. The summed E-state index contributed by atoms with van der Waals surface area (Å²) in [7, 11) is 0. The molecule has 4 nitrogen and oxygen atoms in total. The van der Waals surface area contributed by atoms with Crippen LogP contribution in [0.2, 0.25) is 0 Å². The van der Waals surface area contributed by atoms with Gasteiger partial charge in [0.1, 0.15) is 0 Å². The zero-order valence-corrected chi connectivity index (χ0v) is 16.7. The number of rotatable bonds is 9. The summed E-state index contributed by atoms with van der Waals surface area (Å²) in [6, 6.07) is 4.24. The zero-order chi connectivity index (χ0) is 17.4. The molecule has 0 atom stereocenters. The number of carbonyl (C=O) groups excluding carboxylic acids is 1. The molecule has 1 amide bonds. The first-order chi connectivity index (χ1) is 10.9. The molecule has 0 spiro atoms. The SMILES string of the molecule is CCN(CC)Cc1cc(Br)cc(CN(CC)CC)c1NC(C)=O. The average Bonchev–Trinajstić information content (AvgIpc) is 2.52. The fourth-order valence-corrected chi connectivity index (χ4v) is 3.24. The highest BCUT2D eigenvalue weighted by Gasteiger charge is 2.15. The van der Waals surface area contributed by atoms with Crippen LogP contribution in [0.25, 0.3) is 0 Å². The summed E-state index contributed by atoms with van der Waals surface area (Å²) in [6.45, 7) is 15.9. The highest BCUT2D eigenvalue weighted by atomic mass is 79.9. The third-order valence-corrected chi connectivity index (χ3v) is 4.60. The van der Waals surface area contributed by atoms with E-state index in [0.717, 1.165) is 49.4 Å². The van der Waals surface area contributed by atoms with Crippen LogP contribution in [-0.2, 0) is 17.9 Å². The van der Waals surface area contributed by atoms with Gasteiger partial charge in [-0.2, -0.15) is 0 Å². The first-order valence-electron chi connectivity index (χ1n) is 8.48. The van der Waals surface area contributed by atoms with Crippen molar-refractivity contribution in [1.82, 2.24) is 9.80 Å². The monoisotopic (exact) mass is 383 g/mol. The lowest BCUT2D eigenvalue weighted by Gasteiger charge is -2.25. The van der Waals surface area contributed by atoms with Gasteiger partial charge in [0.2, 0.25) is 5.91 Å². The van der Waals surface area contributed by atoms with Gasteiger partial charge in [0.15, 0.2) is 0 Å². The van der Waals surface area contributed by atoms with Crippen molar-refractivity contribution in [2.24, 2.45) is 0 Å². The first-order valence-corrected chi connectivity index (χ1v) is 9.27. The lowest BCUT2D eigenvalue weighted by atomic mass is 10.0. The molecule has 0 aliphatic rings. The summed E-state index contributed by atoms with van der Waals surface area (Å²) in [5.41, 5.74) is 3.31. The average molecular weight is 384 g/mol. The number of amides is 1. The predicted molar refractivity (Wildman–Crippen MR) is 102 cm³/mol. The molecule has 1 aromatic rings. The number of benzene rings is 1. The molecule has 0 aliphatic carbocycles. The van der Waals surface area contributed by atoms with Crippen molar-refractivity contribution in [3.8, 4) is 0 Å². The van der Waals surface area contributed by atoms with Crippen LogP contribution in [0.15, 0.2) is 16.6 Å². The largest absolute Gasteiger partial charge is 0.326 e. The van der Waals surface area contributed by atoms with Gasteiger partial charge in [0, 0.05) is 30.2 Å². The Hall–Kier alpha value is -0.910. The Bertz CT molecular complexity index is 476. The minimum atomic E-state index is -0.0195. The summed E-state index contributed by atoms with van der Waals surface area (Å²) in [5, 5.41) is 3.06. The van der Waals surface area contributed by atoms with Gasteiger partial charge in [-0.15, -0.1) is 0 Å². The molecule has 0 radical (unpaired) electrons. The van der Waals surface area contributed by atoms with Crippen molar-refractivity contribution >= 4 is 27.5 Å². The Kier molecular flexibility index (Phi) is 8.81. The van der Waals surface area contributed by atoms with E-state index >= 15 is 0 Å². The Morgan fingerprint density at radius 2 is 1.35 bits per heavy atom. The van der Waals surface area contributed by atoms with E-state index in [-0.39, 0.29) is 5.91 Å². The lowest BCUT2D eigenvalue weighted by Crippen LogP contribution is -2.26. The van der Waals surface area contributed by atoms with Gasteiger partial charge in [0.05, 0.1) is 0 Å². The molecule has 0 aromatic heterocycles. The van der Waals surface area contributed by atoms with Crippen LogP contribution in [0, 0.1) is 0 Å². The summed E-state index contributed by atoms with van der Waals surface area (Å²) in [4.78, 5) is 16.4. The summed E-state index contributed by atoms with van der Waals surface area (Å²) in [6.07, 6.45) is 0. The zero-order valence-electron chi connectivity index (χ0n) is 15.1. The van der Waals surface area contributed by atoms with Crippen LogP contribution < -0.4 is 5.32 Å². The van der Waals surface area contributed by atoms with E-state index in [1.54, 1.807) is 6.92 Å². The van der Waals surface area contributed by atoms with E-state index in [1.165, 1.54) is 11.1 Å². The van der Waals surface area contributed by atoms with Gasteiger partial charge in [-0.05, 0) is 49.4 Å². The number of nitrogens with one attached hydrogen (secondary N) is 1. The molecule has 5 heteroatoms. The molecule has 0 unspecified atom stereocenters. The summed E-state index contributed by atoms with van der Waals surface area (Å²) in [5.74, 6) is -0.0195. The van der Waals surface area contributed by atoms with Crippen LogP contribution in [0.3, 0.4) is 0 Å². The molecule has 1 N–H and O–H groups in total. The maximum absolute atomic E-state index is 11.7. The topological polar surface area (TPSA) is 35.6 Å². The van der Waals surface area contributed by atoms with Crippen molar-refractivity contribution in [2.75, 3.05) is 31.5 Å². The minimum absolute atomic E-state index is 0.0195. The molecule has 0 fully saturated rings. The third kappa shape index (κ3) is 6.24. The number of anilines is 1. The van der Waals surface area contributed by atoms with Crippen molar-refractivity contribution in [2.45, 2.75) is 47.7 Å². The molecule has 1 rings (SSSR count). The van der Waals surface area contributed by atoms with E-state index in [9.17, 15) is 4.79 Å². The van der Waals surface area contributed by atoms with Crippen LogP contribution in [0.4, 0.5) is 5.69 Å². The van der Waals surface area contributed by atoms with E-state index in [0.29, 0.717) is 0 Å². The maximum atomic E-state index is 11.7. The molecular formula is C18H30BrN3O. The molecule has 130 valence electrons. The normalized spacial score (nSPS) is 11.3. The number of carbonyl (C=O) groups is 1. The molecule has 0 aliphatic heterocycles. The van der Waals surface area contributed by atoms with E-state index in [1.807, 2.05) is 0 Å². The van der Waals surface area contributed by atoms with Crippen LogP contribution in [0.1, 0.15) is 45.7 Å². The van der Waals surface area contributed by atoms with Gasteiger partial charge in [0.25, 0.3) is 0 Å². The number of hydrogen-bond acceptors (Lipinski definition) is 3. The second kappa shape index (κ2) is 10.1. The number of nitrogens with zero attached hydrogens (tertiary/aromatic N) is 2. The van der Waals surface area contributed by atoms with E-state index < -0.39 is 0 Å². The third-order valence-electron chi connectivity index (χ3n) is 4.14. The van der Waals surface area contributed by atoms with E-state index in [2.05, 4.69) is 70.9 Å². The molecule has 0 bridgehead atoms. The van der Waals surface area contributed by atoms with E-state index in [4.69, 9.17) is 0 Å². The molecule has 0 saturated heterocycles. The quantitative estimate of drug-likeness (QED) is 0.697. The Morgan fingerprint density at radius 3 is 1.65 bits per heavy atom. The van der Waals surface area contributed by atoms with Crippen molar-refractivity contribution < 1.29 is 4.79 Å². The van der Waals surface area contributed by atoms with Crippen molar-refractivity contribution in [1.29, 1.82) is 0 Å². The van der Waals surface area contributed by atoms with Crippen molar-refractivity contribution in [3.63, 3.8) is 0 Å². The second-order valence-electron chi connectivity index (χ2n) is 5.70. The Morgan fingerprint density at radius 1 is 0.957 bits per heavy atom. The lowest BCUT2D eigenvalue weighted by molar-refractivity contribution is -0.114. The Balaban J connectivity index is 3.25. The highest BCUT2D eigenvalue weighted by Crippen LogP contribution is 2.29. The smallest absolute Gasteiger partial charge is 0.221 e. The minimum Gasteiger partial charge on any atom is -0.326 e. The van der Waals surface area contributed by atoms with Crippen LogP contribution in [0.5, 0.6) is 0 Å². The van der Waals surface area contributed by atoms with Gasteiger partial charge in [-0.3, -0.25) is 14.6 Å². The molecule has 1 aromatic carbocycles. The highest BCUT2D eigenvalue weighted by molar-refractivity contribution is 9.10. The van der Waals surface area contributed by atoms with Crippen molar-refractivity contribution in [3.05, 3.63) is 27.7 Å². The molecule has 0 heterocycles. The molecular weight excluding hydrogens is 354 g/mol. The van der Waals surface area contributed by atoms with Gasteiger partial charge in [-0.25, -0.2) is 0 Å². The van der Waals surface area contributed by atoms with Crippen LogP contribution >= 0.6 is 15.9 Å².